The van der Waals surface area contributed by atoms with Gasteiger partial charge in [-0.15, -0.1) is 0 Å². The number of ether oxygens (including phenoxy) is 1. The second-order valence-corrected chi connectivity index (χ2v) is 8.16. The molecule has 2 N–H and O–H groups in total. The lowest BCUT2D eigenvalue weighted by atomic mass is 9.86. The summed E-state index contributed by atoms with van der Waals surface area (Å²) in [7, 11) is 0. The van der Waals surface area contributed by atoms with Crippen LogP contribution in [0.1, 0.15) is 26.2 Å². The van der Waals surface area contributed by atoms with Crippen LogP contribution in [0.5, 0.6) is 0 Å². The van der Waals surface area contributed by atoms with Crippen molar-refractivity contribution in [2.45, 2.75) is 43.5 Å². The first-order valence-corrected chi connectivity index (χ1v) is 10.5. The number of carbonyl (C=O) groups is 2. The molecular formula is C20H23N5O4S. The average molecular weight is 430 g/mol. The Morgan fingerprint density at radius 1 is 1.40 bits per heavy atom. The first kappa shape index (κ1) is 21.8. The Morgan fingerprint density at radius 2 is 2.23 bits per heavy atom. The lowest BCUT2D eigenvalue weighted by Gasteiger charge is -2.31. The van der Waals surface area contributed by atoms with Crippen molar-refractivity contribution in [2.24, 2.45) is 5.92 Å². The van der Waals surface area contributed by atoms with Gasteiger partial charge in [0.2, 0.25) is 5.91 Å². The van der Waals surface area contributed by atoms with E-state index in [-0.39, 0.29) is 30.4 Å². The van der Waals surface area contributed by atoms with E-state index in [0.717, 1.165) is 41.9 Å². The molecule has 9 nitrogen and oxygen atoms in total. The minimum atomic E-state index is -0.495. The average Bonchev–Trinajstić information content (AvgIpc) is 2.83. The number of nitriles is 2. The number of nitrogens with zero attached hydrogens (tertiary/aromatic N) is 3. The van der Waals surface area contributed by atoms with Crippen molar-refractivity contribution < 1.29 is 18.6 Å². The van der Waals surface area contributed by atoms with Gasteiger partial charge in [0.15, 0.2) is 0 Å². The van der Waals surface area contributed by atoms with Gasteiger partial charge in [-0.05, 0) is 31.4 Å². The first-order valence-electron chi connectivity index (χ1n) is 9.69. The minimum Gasteiger partial charge on any atom is -0.499 e. The van der Waals surface area contributed by atoms with Crippen molar-refractivity contribution >= 4 is 24.0 Å². The molecule has 2 heterocycles. The van der Waals surface area contributed by atoms with Gasteiger partial charge in [-0.25, -0.2) is 4.79 Å². The van der Waals surface area contributed by atoms with E-state index in [0.29, 0.717) is 5.57 Å². The second kappa shape index (κ2) is 10.2. The maximum Gasteiger partial charge on any atom is 0.343 e. The Bertz CT molecular complexity index is 856. The van der Waals surface area contributed by atoms with E-state index in [4.69, 9.17) is 14.3 Å². The molecule has 1 aliphatic carbocycles. The number of rotatable bonds is 3. The zero-order chi connectivity index (χ0) is 21.5. The largest absolute Gasteiger partial charge is 0.499 e. The van der Waals surface area contributed by atoms with Gasteiger partial charge in [0.05, 0.1) is 41.2 Å². The van der Waals surface area contributed by atoms with Crippen LogP contribution in [-0.4, -0.2) is 47.5 Å². The summed E-state index contributed by atoms with van der Waals surface area (Å²) in [5, 5.41) is 24.9. The van der Waals surface area contributed by atoms with Crippen LogP contribution in [0.4, 0.5) is 4.79 Å². The normalized spacial score (nSPS) is 33.6. The SMILES string of the molecule is CC1=C(C#N)/C=C/OCC(NC(=O)CN2OSC3C(C#N)CCCC3NC2=O)\C=C\1. The van der Waals surface area contributed by atoms with E-state index in [9.17, 15) is 14.9 Å². The van der Waals surface area contributed by atoms with E-state index in [1.807, 2.05) is 0 Å². The van der Waals surface area contributed by atoms with Gasteiger partial charge in [-0.2, -0.15) is 19.9 Å². The van der Waals surface area contributed by atoms with Gasteiger partial charge in [-0.3, -0.25) is 4.79 Å². The van der Waals surface area contributed by atoms with Crippen LogP contribution in [0.3, 0.4) is 0 Å². The summed E-state index contributed by atoms with van der Waals surface area (Å²) in [5.41, 5.74) is 1.22. The lowest BCUT2D eigenvalue weighted by molar-refractivity contribution is -0.127. The third-order valence-corrected chi connectivity index (χ3v) is 6.28. The summed E-state index contributed by atoms with van der Waals surface area (Å²) in [6, 6.07) is 3.27. The standard InChI is InChI=1S/C20H23N5O4S/c1-13-5-6-16(12-28-8-7-14(13)9-21)23-18(26)11-25-20(27)24-17-4-2-3-15(10-22)19(17)30-29-25/h5-8,15-17,19H,2-4,11-12H2,1H3,(H,23,26)(H,24,27)/b6-5+,8-7+,14-13+. The Balaban J connectivity index is 1.60. The van der Waals surface area contributed by atoms with Gasteiger partial charge in [0, 0.05) is 18.1 Å². The van der Waals surface area contributed by atoms with Gasteiger partial charge < -0.3 is 15.4 Å². The van der Waals surface area contributed by atoms with Gasteiger partial charge >= 0.3 is 6.03 Å². The molecule has 158 valence electrons. The molecule has 0 aromatic carbocycles. The minimum absolute atomic E-state index is 0.157. The van der Waals surface area contributed by atoms with Crippen LogP contribution in [-0.2, 0) is 13.8 Å². The highest BCUT2D eigenvalue weighted by molar-refractivity contribution is 7.95. The molecule has 2 fully saturated rings. The van der Waals surface area contributed by atoms with Crippen LogP contribution in [0.15, 0.2) is 35.6 Å². The molecule has 10 heteroatoms. The predicted molar refractivity (Wildman–Crippen MR) is 109 cm³/mol. The number of carbonyl (C=O) groups excluding carboxylic acids is 2. The fourth-order valence-electron chi connectivity index (χ4n) is 3.47. The number of urea groups is 1. The van der Waals surface area contributed by atoms with E-state index in [2.05, 4.69) is 22.8 Å². The third kappa shape index (κ3) is 5.35. The number of fused-ring (bicyclic) bond motifs is 1. The summed E-state index contributed by atoms with van der Waals surface area (Å²) >= 11 is 1.07. The zero-order valence-corrected chi connectivity index (χ0v) is 17.4. The predicted octanol–water partition coefficient (Wildman–Crippen LogP) is 2.08. The molecule has 3 amide bonds. The highest BCUT2D eigenvalue weighted by Gasteiger charge is 2.40. The number of nitrogens with one attached hydrogen (secondary N) is 2. The highest BCUT2D eigenvalue weighted by Crippen LogP contribution is 2.36. The smallest absolute Gasteiger partial charge is 0.343 e. The summed E-state index contributed by atoms with van der Waals surface area (Å²) in [6.45, 7) is 1.68. The van der Waals surface area contributed by atoms with Crippen molar-refractivity contribution in [3.05, 3.63) is 35.6 Å². The van der Waals surface area contributed by atoms with E-state index < -0.39 is 18.0 Å². The maximum absolute atomic E-state index is 12.5. The van der Waals surface area contributed by atoms with Crippen LogP contribution in [0, 0.1) is 28.6 Å². The van der Waals surface area contributed by atoms with Crippen molar-refractivity contribution in [3.8, 4) is 12.1 Å². The number of hydroxylamine groups is 2. The van der Waals surface area contributed by atoms with Crippen molar-refractivity contribution in [1.29, 1.82) is 10.5 Å². The van der Waals surface area contributed by atoms with Crippen molar-refractivity contribution in [2.75, 3.05) is 13.2 Å². The molecular weight excluding hydrogens is 406 g/mol. The summed E-state index contributed by atoms with van der Waals surface area (Å²) in [5.74, 6) is -0.623. The van der Waals surface area contributed by atoms with E-state index in [1.54, 1.807) is 25.2 Å². The van der Waals surface area contributed by atoms with Crippen LogP contribution < -0.4 is 10.6 Å². The van der Waals surface area contributed by atoms with Crippen LogP contribution >= 0.6 is 12.0 Å². The summed E-state index contributed by atoms with van der Waals surface area (Å²) < 4.78 is 10.9. The monoisotopic (exact) mass is 429 g/mol. The molecule has 1 saturated heterocycles. The zero-order valence-electron chi connectivity index (χ0n) is 16.5. The lowest BCUT2D eigenvalue weighted by Crippen LogP contribution is -2.50. The Morgan fingerprint density at radius 3 is 3.00 bits per heavy atom. The van der Waals surface area contributed by atoms with Gasteiger partial charge in [0.25, 0.3) is 0 Å². The molecule has 0 radical (unpaired) electrons. The molecule has 0 aromatic rings. The molecule has 2 aliphatic heterocycles. The molecule has 0 bridgehead atoms. The molecule has 4 unspecified atom stereocenters. The molecule has 4 atom stereocenters. The maximum atomic E-state index is 12.5. The fraction of sp³-hybridized carbons (Fsp3) is 0.500. The second-order valence-electron chi connectivity index (χ2n) is 7.27. The van der Waals surface area contributed by atoms with Crippen LogP contribution in [0.25, 0.3) is 0 Å². The summed E-state index contributed by atoms with van der Waals surface area (Å²) in [6.07, 6.45) is 8.90. The van der Waals surface area contributed by atoms with Crippen molar-refractivity contribution in [1.82, 2.24) is 15.7 Å². The number of hydrogen-bond donors (Lipinski definition) is 2. The van der Waals surface area contributed by atoms with E-state index in [1.165, 1.54) is 6.26 Å². The molecule has 1 saturated carbocycles. The highest BCUT2D eigenvalue weighted by atomic mass is 32.2. The van der Waals surface area contributed by atoms with Crippen molar-refractivity contribution in [3.63, 3.8) is 0 Å². The van der Waals surface area contributed by atoms with Gasteiger partial charge in [0.1, 0.15) is 13.2 Å². The molecule has 3 rings (SSSR count). The summed E-state index contributed by atoms with van der Waals surface area (Å²) in [4.78, 5) is 25.0. The third-order valence-electron chi connectivity index (χ3n) is 5.13. The first-order chi connectivity index (χ1) is 14.5. The van der Waals surface area contributed by atoms with Gasteiger partial charge in [-0.1, -0.05) is 18.6 Å². The number of hydrogen-bond acceptors (Lipinski definition) is 7. The Hall–Kier alpha value is -2.95. The Labute approximate surface area is 179 Å². The molecule has 0 spiro atoms. The quantitative estimate of drug-likeness (QED) is 0.657. The number of amides is 3. The van der Waals surface area contributed by atoms with Crippen LogP contribution in [0.2, 0.25) is 0 Å². The molecule has 30 heavy (non-hydrogen) atoms. The Kier molecular flexibility index (Phi) is 7.39. The molecule has 3 aliphatic rings. The van der Waals surface area contributed by atoms with E-state index >= 15 is 0 Å². The number of allylic oxidation sites excluding steroid dienone is 4. The molecule has 0 aromatic heterocycles. The fourth-order valence-corrected chi connectivity index (χ4v) is 4.46. The topological polar surface area (TPSA) is 127 Å².